The first-order valence-corrected chi connectivity index (χ1v) is 9.67. The summed E-state index contributed by atoms with van der Waals surface area (Å²) in [5.74, 6) is -0.838. The predicted octanol–water partition coefficient (Wildman–Crippen LogP) is 3.36. The number of nitrogens with one attached hydrogen (secondary N) is 1. The van der Waals surface area contributed by atoms with Crippen molar-refractivity contribution in [1.29, 1.82) is 0 Å². The number of hydrogen-bond donors (Lipinski definition) is 1. The van der Waals surface area contributed by atoms with Crippen LogP contribution in [0, 0.1) is 0 Å². The number of halogens is 2. The van der Waals surface area contributed by atoms with E-state index in [1.807, 2.05) is 16.9 Å². The molecule has 0 unspecified atom stereocenters. The topological polar surface area (TPSA) is 81.1 Å². The minimum Gasteiger partial charge on any atom is -0.332 e. The third-order valence-corrected chi connectivity index (χ3v) is 5.54. The number of imidazole rings is 1. The second kappa shape index (κ2) is 7.49. The Kier molecular flexibility index (Phi) is 5.31. The van der Waals surface area contributed by atoms with Crippen molar-refractivity contribution in [3.63, 3.8) is 0 Å². The maximum Gasteiger partial charge on any atom is 0.285 e. The Hall–Kier alpha value is -2.35. The Morgan fingerprint density at radius 1 is 1.12 bits per heavy atom. The summed E-state index contributed by atoms with van der Waals surface area (Å²) in [7, 11) is -4.09. The quantitative estimate of drug-likeness (QED) is 0.700. The van der Waals surface area contributed by atoms with Crippen LogP contribution in [0.15, 0.2) is 66.0 Å². The summed E-state index contributed by atoms with van der Waals surface area (Å²) < 4.78 is 28.2. The lowest BCUT2D eigenvalue weighted by Crippen LogP contribution is -2.31. The summed E-state index contributed by atoms with van der Waals surface area (Å²) in [5, 5.41) is 0.630. The molecule has 3 rings (SSSR count). The molecule has 0 saturated carbocycles. The predicted molar refractivity (Wildman–Crippen MR) is 98.9 cm³/mol. The van der Waals surface area contributed by atoms with Crippen molar-refractivity contribution in [3.05, 3.63) is 82.4 Å². The van der Waals surface area contributed by atoms with Gasteiger partial charge < -0.3 is 4.57 Å². The molecule has 0 bridgehead atoms. The Balaban J connectivity index is 1.75. The largest absolute Gasteiger partial charge is 0.332 e. The molecule has 6 nitrogen and oxygen atoms in total. The first kappa shape index (κ1) is 18.4. The molecule has 0 fully saturated rings. The van der Waals surface area contributed by atoms with Crippen LogP contribution in [0.1, 0.15) is 16.1 Å². The summed E-state index contributed by atoms with van der Waals surface area (Å²) >= 11 is 11.8. The van der Waals surface area contributed by atoms with Crippen molar-refractivity contribution in [2.24, 2.45) is 0 Å². The molecule has 0 aliphatic rings. The Labute approximate surface area is 160 Å². The number of sulfonamides is 1. The number of aromatic nitrogens is 2. The highest BCUT2D eigenvalue weighted by molar-refractivity contribution is 7.90. The molecule has 0 radical (unpaired) electrons. The van der Waals surface area contributed by atoms with Crippen molar-refractivity contribution >= 4 is 39.1 Å². The summed E-state index contributed by atoms with van der Waals surface area (Å²) in [6.07, 6.45) is 2.90. The van der Waals surface area contributed by atoms with Gasteiger partial charge in [0.25, 0.3) is 15.9 Å². The van der Waals surface area contributed by atoms with E-state index in [-0.39, 0.29) is 15.6 Å². The third-order valence-electron chi connectivity index (χ3n) is 3.47. The van der Waals surface area contributed by atoms with Crippen LogP contribution in [0.5, 0.6) is 0 Å². The Morgan fingerprint density at radius 3 is 2.62 bits per heavy atom. The van der Waals surface area contributed by atoms with Crippen molar-refractivity contribution in [2.45, 2.75) is 11.4 Å². The maximum atomic E-state index is 12.3. The average Bonchev–Trinajstić information content (AvgIpc) is 3.03. The number of benzene rings is 2. The zero-order valence-corrected chi connectivity index (χ0v) is 15.6. The van der Waals surface area contributed by atoms with Crippen molar-refractivity contribution in [2.75, 3.05) is 0 Å². The molecule has 26 heavy (non-hydrogen) atoms. The molecule has 1 heterocycles. The SMILES string of the molecule is O=C(NS(=O)(=O)c1ccccc1Cl)c1cn(Cc2cccc(Cl)c2)cn1. The highest BCUT2D eigenvalue weighted by Gasteiger charge is 2.22. The van der Waals surface area contributed by atoms with E-state index in [9.17, 15) is 13.2 Å². The van der Waals surface area contributed by atoms with Gasteiger partial charge in [0.15, 0.2) is 0 Å². The lowest BCUT2D eigenvalue weighted by Gasteiger charge is -2.07. The minimum atomic E-state index is -4.09. The fraction of sp³-hybridized carbons (Fsp3) is 0.0588. The summed E-state index contributed by atoms with van der Waals surface area (Å²) in [6, 6.07) is 13.1. The number of amides is 1. The Morgan fingerprint density at radius 2 is 1.88 bits per heavy atom. The van der Waals surface area contributed by atoms with E-state index >= 15 is 0 Å². The molecule has 1 N–H and O–H groups in total. The number of nitrogens with zero attached hydrogens (tertiary/aromatic N) is 2. The third kappa shape index (κ3) is 4.24. The molecule has 0 spiro atoms. The zero-order chi connectivity index (χ0) is 18.7. The van der Waals surface area contributed by atoms with E-state index in [4.69, 9.17) is 23.2 Å². The lowest BCUT2D eigenvalue weighted by atomic mass is 10.2. The fourth-order valence-electron chi connectivity index (χ4n) is 2.30. The van der Waals surface area contributed by atoms with Crippen molar-refractivity contribution < 1.29 is 13.2 Å². The zero-order valence-electron chi connectivity index (χ0n) is 13.3. The Bertz CT molecular complexity index is 1060. The van der Waals surface area contributed by atoms with Crippen LogP contribution in [-0.4, -0.2) is 23.9 Å². The first-order chi connectivity index (χ1) is 12.3. The molecule has 9 heteroatoms. The van der Waals surface area contributed by atoms with Crippen LogP contribution in [0.4, 0.5) is 0 Å². The molecule has 3 aromatic rings. The van der Waals surface area contributed by atoms with E-state index in [1.54, 1.807) is 22.8 Å². The van der Waals surface area contributed by atoms with Crippen LogP contribution in [-0.2, 0) is 16.6 Å². The van der Waals surface area contributed by atoms with Gasteiger partial charge in [-0.1, -0.05) is 47.5 Å². The number of hydrogen-bond acceptors (Lipinski definition) is 4. The first-order valence-electron chi connectivity index (χ1n) is 7.43. The molecule has 0 aliphatic heterocycles. The van der Waals surface area contributed by atoms with Gasteiger partial charge in [-0.25, -0.2) is 18.1 Å². The van der Waals surface area contributed by atoms with Gasteiger partial charge in [-0.05, 0) is 29.8 Å². The average molecular weight is 410 g/mol. The lowest BCUT2D eigenvalue weighted by molar-refractivity contribution is 0.0977. The van der Waals surface area contributed by atoms with Gasteiger partial charge in [-0.3, -0.25) is 4.79 Å². The van der Waals surface area contributed by atoms with E-state index in [0.29, 0.717) is 11.6 Å². The van der Waals surface area contributed by atoms with E-state index in [2.05, 4.69) is 4.98 Å². The normalized spacial score (nSPS) is 11.3. The standard InChI is InChI=1S/C17H13Cl2N3O3S/c18-13-5-3-4-12(8-13)9-22-10-15(20-11-22)17(23)21-26(24,25)16-7-2-1-6-14(16)19/h1-8,10-11H,9H2,(H,21,23). The van der Waals surface area contributed by atoms with Gasteiger partial charge in [0.1, 0.15) is 10.6 Å². The summed E-state index contributed by atoms with van der Waals surface area (Å²) in [5.41, 5.74) is 0.896. The van der Waals surface area contributed by atoms with Gasteiger partial charge in [0.2, 0.25) is 0 Å². The highest BCUT2D eigenvalue weighted by Crippen LogP contribution is 2.20. The van der Waals surface area contributed by atoms with Crippen molar-refractivity contribution in [3.8, 4) is 0 Å². The van der Waals surface area contributed by atoms with E-state index in [1.165, 1.54) is 30.7 Å². The molecular weight excluding hydrogens is 397 g/mol. The van der Waals surface area contributed by atoms with Crippen LogP contribution in [0.3, 0.4) is 0 Å². The number of carbonyl (C=O) groups excluding carboxylic acids is 1. The molecule has 134 valence electrons. The fourth-order valence-corrected chi connectivity index (χ4v) is 4.00. The van der Waals surface area contributed by atoms with Crippen LogP contribution in [0.2, 0.25) is 10.0 Å². The molecule has 2 aromatic carbocycles. The number of rotatable bonds is 5. The second-order valence-corrected chi connectivity index (χ2v) is 7.92. The highest BCUT2D eigenvalue weighted by atomic mass is 35.5. The van der Waals surface area contributed by atoms with Gasteiger partial charge in [0, 0.05) is 17.8 Å². The molecule has 0 atom stereocenters. The summed E-state index contributed by atoms with van der Waals surface area (Å²) in [4.78, 5) is 16.0. The van der Waals surface area contributed by atoms with Crippen LogP contribution < -0.4 is 4.72 Å². The molecular formula is C17H13Cl2N3O3S. The van der Waals surface area contributed by atoms with Crippen molar-refractivity contribution in [1.82, 2.24) is 14.3 Å². The van der Waals surface area contributed by atoms with Crippen LogP contribution >= 0.6 is 23.2 Å². The van der Waals surface area contributed by atoms with Gasteiger partial charge in [-0.2, -0.15) is 0 Å². The molecule has 0 aliphatic carbocycles. The van der Waals surface area contributed by atoms with Gasteiger partial charge in [-0.15, -0.1) is 0 Å². The minimum absolute atomic E-state index is 0.0253. The smallest absolute Gasteiger partial charge is 0.285 e. The van der Waals surface area contributed by atoms with Gasteiger partial charge >= 0.3 is 0 Å². The van der Waals surface area contributed by atoms with Gasteiger partial charge in [0.05, 0.1) is 11.3 Å². The summed E-state index contributed by atoms with van der Waals surface area (Å²) in [6.45, 7) is 0.443. The number of carbonyl (C=O) groups is 1. The molecule has 0 saturated heterocycles. The van der Waals surface area contributed by atoms with E-state index in [0.717, 1.165) is 5.56 Å². The maximum absolute atomic E-state index is 12.3. The molecule has 1 amide bonds. The second-order valence-electron chi connectivity index (χ2n) is 5.43. The monoisotopic (exact) mass is 409 g/mol. The van der Waals surface area contributed by atoms with E-state index < -0.39 is 15.9 Å². The van der Waals surface area contributed by atoms with Crippen LogP contribution in [0.25, 0.3) is 0 Å². The molecule has 1 aromatic heterocycles.